The van der Waals surface area contributed by atoms with E-state index in [4.69, 9.17) is 20.4 Å². The molecule has 3 N–H and O–H groups in total. The number of hydrogen-bond donors (Lipinski definition) is 2. The Hall–Kier alpha value is -2.08. The van der Waals surface area contributed by atoms with Gasteiger partial charge in [-0.25, -0.2) is 9.78 Å². The van der Waals surface area contributed by atoms with Gasteiger partial charge in [-0.1, -0.05) is 0 Å². The SMILES string of the molecule is NC1(c2ccnc(OCC(F)(F)F)c2)CCOCC1.O=C(O)C(F)(F)F. The highest BCUT2D eigenvalue weighted by atomic mass is 19.4. The molecule has 0 unspecified atom stereocenters. The third-order valence-corrected chi connectivity index (χ3v) is 3.32. The number of carboxylic acid groups (broad SMARTS) is 1. The van der Waals surface area contributed by atoms with Crippen LogP contribution in [-0.4, -0.2) is 48.2 Å². The Morgan fingerprint density at radius 3 is 2.27 bits per heavy atom. The first kappa shape index (κ1) is 22.0. The molecule has 1 saturated heterocycles. The second kappa shape index (κ2) is 8.54. The highest BCUT2D eigenvalue weighted by Gasteiger charge is 2.38. The third kappa shape index (κ3) is 7.44. The van der Waals surface area contributed by atoms with Crippen LogP contribution < -0.4 is 10.5 Å². The Morgan fingerprint density at radius 1 is 1.27 bits per heavy atom. The lowest BCUT2D eigenvalue weighted by Gasteiger charge is -2.33. The lowest BCUT2D eigenvalue weighted by molar-refractivity contribution is -0.192. The molecule has 148 valence electrons. The van der Waals surface area contributed by atoms with Gasteiger partial charge in [0.05, 0.1) is 0 Å². The van der Waals surface area contributed by atoms with E-state index in [1.54, 1.807) is 6.07 Å². The Morgan fingerprint density at radius 2 is 1.81 bits per heavy atom. The average molecular weight is 390 g/mol. The molecule has 1 aromatic rings. The number of nitrogens with two attached hydrogens (primary N) is 1. The standard InChI is InChI=1S/C12H15F3N2O2.C2HF3O2/c13-12(14,15)8-19-10-7-9(1-4-17-10)11(16)2-5-18-6-3-11;3-2(4,5)1(6)7/h1,4,7H,2-3,5-6,8,16H2;(H,6,7). The maximum Gasteiger partial charge on any atom is 0.490 e. The molecule has 0 saturated carbocycles. The molecule has 2 heterocycles. The van der Waals surface area contributed by atoms with E-state index in [9.17, 15) is 26.3 Å². The number of nitrogens with zero attached hydrogens (tertiary/aromatic N) is 1. The van der Waals surface area contributed by atoms with Crippen molar-refractivity contribution in [3.63, 3.8) is 0 Å². The summed E-state index contributed by atoms with van der Waals surface area (Å²) in [4.78, 5) is 12.7. The fourth-order valence-corrected chi connectivity index (χ4v) is 1.98. The van der Waals surface area contributed by atoms with E-state index in [2.05, 4.69) is 9.72 Å². The molecule has 26 heavy (non-hydrogen) atoms. The Balaban J connectivity index is 0.000000412. The highest BCUT2D eigenvalue weighted by molar-refractivity contribution is 5.73. The summed E-state index contributed by atoms with van der Waals surface area (Å²) >= 11 is 0. The van der Waals surface area contributed by atoms with Gasteiger partial charge in [-0.05, 0) is 24.5 Å². The maximum absolute atomic E-state index is 12.1. The predicted octanol–water partition coefficient (Wildman–Crippen LogP) is 2.62. The Bertz CT molecular complexity index is 600. The van der Waals surface area contributed by atoms with Crippen LogP contribution in [-0.2, 0) is 15.1 Å². The number of pyridine rings is 1. The van der Waals surface area contributed by atoms with Crippen LogP contribution in [0.15, 0.2) is 18.3 Å². The quantitative estimate of drug-likeness (QED) is 0.771. The van der Waals surface area contributed by atoms with Crippen molar-refractivity contribution in [1.29, 1.82) is 0 Å². The lowest BCUT2D eigenvalue weighted by Crippen LogP contribution is -2.42. The van der Waals surface area contributed by atoms with Crippen LogP contribution >= 0.6 is 0 Å². The van der Waals surface area contributed by atoms with Gasteiger partial charge in [0.1, 0.15) is 0 Å². The number of carbonyl (C=O) groups is 1. The molecule has 1 aromatic heterocycles. The van der Waals surface area contributed by atoms with Crippen molar-refractivity contribution in [1.82, 2.24) is 4.98 Å². The molecule has 6 nitrogen and oxygen atoms in total. The largest absolute Gasteiger partial charge is 0.490 e. The van der Waals surface area contributed by atoms with Crippen LogP contribution in [0.4, 0.5) is 26.3 Å². The van der Waals surface area contributed by atoms with Gasteiger partial charge in [0.25, 0.3) is 0 Å². The van der Waals surface area contributed by atoms with Gasteiger partial charge in [0.15, 0.2) is 6.61 Å². The van der Waals surface area contributed by atoms with E-state index in [-0.39, 0.29) is 5.88 Å². The van der Waals surface area contributed by atoms with Gasteiger partial charge in [-0.15, -0.1) is 0 Å². The van der Waals surface area contributed by atoms with E-state index >= 15 is 0 Å². The molecule has 0 aromatic carbocycles. The number of rotatable bonds is 3. The van der Waals surface area contributed by atoms with Crippen molar-refractivity contribution in [2.24, 2.45) is 5.73 Å². The van der Waals surface area contributed by atoms with Crippen molar-refractivity contribution in [2.75, 3.05) is 19.8 Å². The van der Waals surface area contributed by atoms with Crippen molar-refractivity contribution >= 4 is 5.97 Å². The summed E-state index contributed by atoms with van der Waals surface area (Å²) in [6.07, 6.45) is -6.81. The Kier molecular flexibility index (Phi) is 7.21. The van der Waals surface area contributed by atoms with Crippen molar-refractivity contribution in [2.45, 2.75) is 30.7 Å². The molecule has 0 amide bonds. The summed E-state index contributed by atoms with van der Waals surface area (Å²) in [5.74, 6) is -2.82. The minimum absolute atomic E-state index is 0.0638. The van der Waals surface area contributed by atoms with Gasteiger partial charge in [-0.3, -0.25) is 0 Å². The van der Waals surface area contributed by atoms with Crippen LogP contribution in [0.25, 0.3) is 0 Å². The van der Waals surface area contributed by atoms with E-state index < -0.39 is 30.5 Å². The molecule has 0 spiro atoms. The molecule has 1 fully saturated rings. The molecule has 0 bridgehead atoms. The normalized spacial score (nSPS) is 17.0. The first-order chi connectivity index (χ1) is 11.8. The molecule has 1 aliphatic heterocycles. The average Bonchev–Trinajstić information content (AvgIpc) is 2.53. The van der Waals surface area contributed by atoms with E-state index in [0.717, 1.165) is 5.56 Å². The second-order valence-corrected chi connectivity index (χ2v) is 5.36. The van der Waals surface area contributed by atoms with Crippen LogP contribution in [0.2, 0.25) is 0 Å². The first-order valence-electron chi connectivity index (χ1n) is 7.16. The fraction of sp³-hybridized carbons (Fsp3) is 0.571. The first-order valence-corrected chi connectivity index (χ1v) is 7.16. The van der Waals surface area contributed by atoms with E-state index in [1.807, 2.05) is 0 Å². The maximum atomic E-state index is 12.1. The lowest BCUT2D eigenvalue weighted by atomic mass is 9.84. The number of halogens is 6. The molecular formula is C14H16F6N2O4. The number of hydrogen-bond acceptors (Lipinski definition) is 5. The monoisotopic (exact) mass is 390 g/mol. The second-order valence-electron chi connectivity index (χ2n) is 5.36. The summed E-state index contributed by atoms with van der Waals surface area (Å²) in [7, 11) is 0. The van der Waals surface area contributed by atoms with Crippen LogP contribution in [0.3, 0.4) is 0 Å². The summed E-state index contributed by atoms with van der Waals surface area (Å²) in [6.45, 7) is -0.279. The van der Waals surface area contributed by atoms with Crippen molar-refractivity contribution in [3.8, 4) is 5.88 Å². The zero-order valence-electron chi connectivity index (χ0n) is 13.2. The van der Waals surface area contributed by atoms with Gasteiger partial charge in [0, 0.05) is 31.0 Å². The number of alkyl halides is 6. The van der Waals surface area contributed by atoms with Gasteiger partial charge < -0.3 is 20.3 Å². The topological polar surface area (TPSA) is 94.7 Å². The predicted molar refractivity (Wildman–Crippen MR) is 75.4 cm³/mol. The molecule has 0 radical (unpaired) electrons. The highest BCUT2D eigenvalue weighted by Crippen LogP contribution is 2.30. The van der Waals surface area contributed by atoms with Crippen LogP contribution in [0.1, 0.15) is 18.4 Å². The fourth-order valence-electron chi connectivity index (χ4n) is 1.98. The third-order valence-electron chi connectivity index (χ3n) is 3.32. The number of aliphatic carboxylic acids is 1. The van der Waals surface area contributed by atoms with Gasteiger partial charge in [-0.2, -0.15) is 26.3 Å². The smallest absolute Gasteiger partial charge is 0.475 e. The summed E-state index contributed by atoms with van der Waals surface area (Å²) in [5, 5.41) is 7.12. The van der Waals surface area contributed by atoms with Gasteiger partial charge in [0.2, 0.25) is 5.88 Å². The minimum atomic E-state index is -5.08. The molecule has 12 heteroatoms. The number of aromatic nitrogens is 1. The van der Waals surface area contributed by atoms with Crippen LogP contribution in [0.5, 0.6) is 5.88 Å². The number of ether oxygens (including phenoxy) is 2. The van der Waals surface area contributed by atoms with E-state index in [0.29, 0.717) is 26.1 Å². The molecule has 2 rings (SSSR count). The zero-order chi connectivity index (χ0) is 20.0. The zero-order valence-corrected chi connectivity index (χ0v) is 13.2. The van der Waals surface area contributed by atoms with Crippen molar-refractivity contribution in [3.05, 3.63) is 23.9 Å². The number of carboxylic acids is 1. The summed E-state index contributed by atoms with van der Waals surface area (Å²) in [5.41, 5.74) is 6.38. The molecule has 0 aliphatic carbocycles. The molecule has 0 atom stereocenters. The minimum Gasteiger partial charge on any atom is -0.475 e. The molecule has 1 aliphatic rings. The summed E-state index contributed by atoms with van der Waals surface area (Å²) < 4.78 is 77.8. The Labute approximate surface area is 143 Å². The molecular weight excluding hydrogens is 374 g/mol. The summed E-state index contributed by atoms with van der Waals surface area (Å²) in [6, 6.07) is 3.17. The van der Waals surface area contributed by atoms with E-state index in [1.165, 1.54) is 12.3 Å². The van der Waals surface area contributed by atoms with Crippen LogP contribution in [0, 0.1) is 0 Å². The van der Waals surface area contributed by atoms with Crippen molar-refractivity contribution < 1.29 is 45.7 Å². The van der Waals surface area contributed by atoms with Gasteiger partial charge >= 0.3 is 18.3 Å².